The number of anilines is 1. The van der Waals surface area contributed by atoms with Gasteiger partial charge in [-0.2, -0.15) is 26.3 Å². The zero-order valence-electron chi connectivity index (χ0n) is 24.9. The van der Waals surface area contributed by atoms with E-state index < -0.39 is 88.9 Å². The van der Waals surface area contributed by atoms with E-state index in [2.05, 4.69) is 4.98 Å². The fourth-order valence-electron chi connectivity index (χ4n) is 5.50. The Hall–Kier alpha value is -5.00. The monoisotopic (exact) mass is 687 g/mol. The van der Waals surface area contributed by atoms with Gasteiger partial charge in [-0.1, -0.05) is 0 Å². The van der Waals surface area contributed by atoms with E-state index in [0.29, 0.717) is 17.0 Å². The van der Waals surface area contributed by atoms with Crippen LogP contribution in [0.4, 0.5) is 40.8 Å². The minimum absolute atomic E-state index is 0.0428. The summed E-state index contributed by atoms with van der Waals surface area (Å²) in [7, 11) is 1.29. The number of carboxylic acids is 1. The number of hydrogen-bond donors (Lipinski definition) is 2. The third-order valence-corrected chi connectivity index (χ3v) is 7.99. The number of benzene rings is 1. The Labute approximate surface area is 265 Å². The van der Waals surface area contributed by atoms with Crippen LogP contribution in [0.3, 0.4) is 0 Å². The highest BCUT2D eigenvalue weighted by Gasteiger charge is 2.46. The molecule has 2 unspecified atom stereocenters. The lowest BCUT2D eigenvalue weighted by Gasteiger charge is -2.38. The first kappa shape index (κ1) is 34.3. The van der Waals surface area contributed by atoms with Crippen LogP contribution < -0.4 is 15.8 Å². The normalized spacial score (nSPS) is 16.3. The first-order valence-electron chi connectivity index (χ1n) is 14.1. The van der Waals surface area contributed by atoms with Gasteiger partial charge in [0.15, 0.2) is 0 Å². The van der Waals surface area contributed by atoms with Crippen LogP contribution in [-0.4, -0.2) is 69.0 Å². The van der Waals surface area contributed by atoms with Gasteiger partial charge in [-0.3, -0.25) is 9.59 Å². The van der Waals surface area contributed by atoms with Crippen LogP contribution in [0, 0.1) is 18.6 Å². The highest BCUT2D eigenvalue weighted by Crippen LogP contribution is 2.37. The van der Waals surface area contributed by atoms with E-state index in [1.165, 1.54) is 36.8 Å². The Kier molecular flexibility index (Phi) is 8.98. The number of amides is 1. The van der Waals surface area contributed by atoms with Gasteiger partial charge in [-0.25, -0.2) is 18.6 Å². The lowest BCUT2D eigenvalue weighted by Crippen LogP contribution is -2.53. The van der Waals surface area contributed by atoms with Gasteiger partial charge in [-0.15, -0.1) is 0 Å². The second-order valence-electron chi connectivity index (χ2n) is 11.0. The zero-order chi connectivity index (χ0) is 35.3. The van der Waals surface area contributed by atoms with Crippen LogP contribution >= 0.6 is 0 Å². The molecular weight excluding hydrogens is 662 g/mol. The molecule has 1 aromatic carbocycles. The summed E-state index contributed by atoms with van der Waals surface area (Å²) in [5.41, 5.74) is -4.90. The first-order valence-corrected chi connectivity index (χ1v) is 14.1. The van der Waals surface area contributed by atoms with Crippen molar-refractivity contribution in [1.29, 1.82) is 0 Å². The minimum atomic E-state index is -4.92. The third kappa shape index (κ3) is 6.43. The van der Waals surface area contributed by atoms with Crippen LogP contribution in [0.15, 0.2) is 47.5 Å². The Morgan fingerprint density at radius 2 is 1.77 bits per heavy atom. The molecule has 1 amide bonds. The minimum Gasteiger partial charge on any atom is -0.480 e. The number of rotatable bonds is 7. The van der Waals surface area contributed by atoms with E-state index in [1.54, 1.807) is 0 Å². The fraction of sp³-hybridized carbons (Fsp3) is 0.333. The number of aliphatic carboxylic acids is 1. The average molecular weight is 688 g/mol. The SMILES string of the molecule is Cc1cc(C(F)(F)F)c(-c2ccc(CC(NC(=O)c3c(F)cc(N4CCOCC4C(F)(F)F)cc3F)C(=O)O)n3ccnc23)c(=O)n1C. The van der Waals surface area contributed by atoms with E-state index in [-0.39, 0.29) is 35.8 Å². The molecule has 0 aliphatic carbocycles. The van der Waals surface area contributed by atoms with E-state index >= 15 is 8.78 Å². The number of hydrogen-bond acceptors (Lipinski definition) is 6. The van der Waals surface area contributed by atoms with Gasteiger partial charge in [0.1, 0.15) is 34.9 Å². The van der Waals surface area contributed by atoms with E-state index in [0.717, 1.165) is 16.7 Å². The van der Waals surface area contributed by atoms with Gasteiger partial charge in [0, 0.05) is 55.0 Å². The molecule has 0 saturated carbocycles. The van der Waals surface area contributed by atoms with Crippen molar-refractivity contribution in [1.82, 2.24) is 19.3 Å². The van der Waals surface area contributed by atoms with E-state index in [4.69, 9.17) is 4.74 Å². The standard InChI is InChI=1S/C30H25F8N5O5/c1-14-9-18(29(33,34)35)23(27(45)41(14)2)17-4-3-15(43-6-5-39-25(17)43)12-21(28(46)47)40-26(44)24-19(31)10-16(11-20(24)32)42-7-8-48-13-22(42)30(36,37)38/h3-6,9-11,21-22H,7-8,12-13H2,1-2H3,(H,40,44)(H,46,47). The van der Waals surface area contributed by atoms with Crippen molar-refractivity contribution in [3.63, 3.8) is 0 Å². The number of alkyl halides is 6. The average Bonchev–Trinajstić information content (AvgIpc) is 3.49. The maximum atomic E-state index is 15.1. The van der Waals surface area contributed by atoms with Crippen molar-refractivity contribution < 1.29 is 54.6 Å². The topological polar surface area (TPSA) is 118 Å². The molecule has 0 bridgehead atoms. The van der Waals surface area contributed by atoms with Gasteiger partial charge in [0.25, 0.3) is 11.5 Å². The Morgan fingerprint density at radius 3 is 2.38 bits per heavy atom. The lowest BCUT2D eigenvalue weighted by atomic mass is 9.99. The van der Waals surface area contributed by atoms with Crippen molar-refractivity contribution in [3.8, 4) is 11.1 Å². The molecule has 18 heteroatoms. The first-order chi connectivity index (χ1) is 22.4. The number of imidazole rings is 1. The number of nitrogens with one attached hydrogen (secondary N) is 1. The summed E-state index contributed by atoms with van der Waals surface area (Å²) in [5.74, 6) is -6.30. The number of pyridine rings is 2. The number of fused-ring (bicyclic) bond motifs is 1. The van der Waals surface area contributed by atoms with Crippen molar-refractivity contribution in [2.75, 3.05) is 24.7 Å². The molecule has 1 aliphatic rings. The van der Waals surface area contributed by atoms with E-state index in [1.807, 2.05) is 5.32 Å². The summed E-state index contributed by atoms with van der Waals surface area (Å²) >= 11 is 0. The smallest absolute Gasteiger partial charge is 0.417 e. The Morgan fingerprint density at radius 1 is 1.10 bits per heavy atom. The van der Waals surface area contributed by atoms with Crippen molar-refractivity contribution in [2.24, 2.45) is 7.05 Å². The number of carboxylic acid groups (broad SMARTS) is 1. The molecule has 2 N–H and O–H groups in total. The van der Waals surface area contributed by atoms with Crippen LogP contribution in [0.5, 0.6) is 0 Å². The highest BCUT2D eigenvalue weighted by atomic mass is 19.4. The summed E-state index contributed by atoms with van der Waals surface area (Å²) in [6, 6.07) is 0.131. The summed E-state index contributed by atoms with van der Waals surface area (Å²) in [5, 5.41) is 11.8. The predicted octanol–water partition coefficient (Wildman–Crippen LogP) is 4.50. The molecule has 4 heterocycles. The number of morpholine rings is 1. The Balaban J connectivity index is 1.46. The maximum absolute atomic E-state index is 15.1. The summed E-state index contributed by atoms with van der Waals surface area (Å²) in [6.45, 7) is 0.0296. The van der Waals surface area contributed by atoms with E-state index in [9.17, 15) is 45.8 Å². The summed E-state index contributed by atoms with van der Waals surface area (Å²) in [6.07, 6.45) is -7.83. The van der Waals surface area contributed by atoms with Gasteiger partial charge >= 0.3 is 18.3 Å². The predicted molar refractivity (Wildman–Crippen MR) is 153 cm³/mol. The summed E-state index contributed by atoms with van der Waals surface area (Å²) < 4.78 is 120. The molecule has 3 aromatic heterocycles. The molecule has 1 aliphatic heterocycles. The number of ether oxygens (including phenoxy) is 1. The molecule has 1 fully saturated rings. The number of carbonyl (C=O) groups is 2. The molecule has 256 valence electrons. The van der Waals surface area contributed by atoms with Crippen molar-refractivity contribution in [2.45, 2.75) is 37.8 Å². The van der Waals surface area contributed by atoms with Crippen molar-refractivity contribution in [3.05, 3.63) is 87.2 Å². The zero-order valence-corrected chi connectivity index (χ0v) is 24.9. The second kappa shape index (κ2) is 12.6. The molecule has 5 rings (SSSR count). The van der Waals surface area contributed by atoms with Gasteiger partial charge < -0.3 is 29.0 Å². The van der Waals surface area contributed by atoms with Crippen LogP contribution in [-0.2, 0) is 29.2 Å². The largest absolute Gasteiger partial charge is 0.480 e. The number of halogens is 8. The molecule has 48 heavy (non-hydrogen) atoms. The van der Waals surface area contributed by atoms with Gasteiger partial charge in [-0.05, 0) is 37.3 Å². The quantitative estimate of drug-likeness (QED) is 0.275. The fourth-order valence-corrected chi connectivity index (χ4v) is 5.50. The molecule has 10 nitrogen and oxygen atoms in total. The van der Waals surface area contributed by atoms with Crippen LogP contribution in [0.1, 0.15) is 27.3 Å². The van der Waals surface area contributed by atoms with Gasteiger partial charge in [0.2, 0.25) is 0 Å². The number of aryl methyl sites for hydroxylation is 1. The molecule has 2 atom stereocenters. The van der Waals surface area contributed by atoms with Crippen LogP contribution in [0.2, 0.25) is 0 Å². The van der Waals surface area contributed by atoms with Gasteiger partial charge in [0.05, 0.1) is 24.3 Å². The molecule has 0 spiro atoms. The molecular formula is C30H25F8N5O5. The summed E-state index contributed by atoms with van der Waals surface area (Å²) in [4.78, 5) is 42.9. The maximum Gasteiger partial charge on any atom is 0.417 e. The van der Waals surface area contributed by atoms with Crippen LogP contribution in [0.25, 0.3) is 16.8 Å². The molecule has 0 radical (unpaired) electrons. The lowest BCUT2D eigenvalue weighted by molar-refractivity contribution is -0.167. The Bertz CT molecular complexity index is 1950. The van der Waals surface area contributed by atoms with Crippen molar-refractivity contribution >= 4 is 23.2 Å². The molecule has 1 saturated heterocycles. The number of carbonyl (C=O) groups excluding carboxylic acids is 1. The number of aromatic nitrogens is 3. The second-order valence-corrected chi connectivity index (χ2v) is 11.0. The molecule has 4 aromatic rings. The third-order valence-electron chi connectivity index (χ3n) is 7.99. The highest BCUT2D eigenvalue weighted by molar-refractivity contribution is 5.97. The number of nitrogens with zero attached hydrogens (tertiary/aromatic N) is 4.